The molecule has 2 atom stereocenters. The molecule has 4 nitrogen and oxygen atoms in total. The molecule has 0 amide bonds. The molecule has 5 heteroatoms. The van der Waals surface area contributed by atoms with Crippen molar-refractivity contribution in [3.8, 4) is 0 Å². The topological polar surface area (TPSA) is 45.6 Å². The fourth-order valence-corrected chi connectivity index (χ4v) is 3.82. The van der Waals surface area contributed by atoms with Gasteiger partial charge in [-0.25, -0.2) is 4.98 Å². The summed E-state index contributed by atoms with van der Waals surface area (Å²) in [6.07, 6.45) is 4.42. The van der Waals surface area contributed by atoms with Crippen LogP contribution in [0.3, 0.4) is 0 Å². The van der Waals surface area contributed by atoms with E-state index in [1.807, 2.05) is 12.1 Å². The van der Waals surface area contributed by atoms with Gasteiger partial charge >= 0.3 is 0 Å². The minimum absolute atomic E-state index is 0.229. The predicted molar refractivity (Wildman–Crippen MR) is 83.7 cm³/mol. The molecular formula is C16H23ClN2O2. The van der Waals surface area contributed by atoms with E-state index >= 15 is 0 Å². The number of aliphatic hydroxyl groups is 1. The standard InChI is InChI=1S/C16H23ClN2O2/c1-12-11-19(15-3-2-14(17)10-18-15)7-6-16(12,20)13-4-8-21-9-5-13/h2-3,10,12-13,20H,4-9,11H2,1H3. The van der Waals surface area contributed by atoms with Crippen molar-refractivity contribution >= 4 is 17.4 Å². The molecule has 3 rings (SSSR count). The maximum Gasteiger partial charge on any atom is 0.128 e. The van der Waals surface area contributed by atoms with Crippen molar-refractivity contribution < 1.29 is 9.84 Å². The van der Waals surface area contributed by atoms with Crippen molar-refractivity contribution in [1.82, 2.24) is 4.98 Å². The zero-order valence-electron chi connectivity index (χ0n) is 12.5. The largest absolute Gasteiger partial charge is 0.389 e. The smallest absolute Gasteiger partial charge is 0.128 e. The van der Waals surface area contributed by atoms with Crippen LogP contribution in [-0.4, -0.2) is 42.0 Å². The molecule has 0 spiro atoms. The third-order valence-electron chi connectivity index (χ3n) is 5.09. The van der Waals surface area contributed by atoms with Gasteiger partial charge in [-0.05, 0) is 37.3 Å². The SMILES string of the molecule is CC1CN(c2ccc(Cl)cn2)CCC1(O)C1CCOCC1. The van der Waals surface area contributed by atoms with Crippen molar-refractivity contribution in [2.45, 2.75) is 31.8 Å². The molecule has 0 aliphatic carbocycles. The van der Waals surface area contributed by atoms with Gasteiger partial charge in [-0.1, -0.05) is 18.5 Å². The lowest BCUT2D eigenvalue weighted by molar-refractivity contribution is -0.108. The second-order valence-electron chi connectivity index (χ2n) is 6.31. The number of aromatic nitrogens is 1. The van der Waals surface area contributed by atoms with Gasteiger partial charge in [0.15, 0.2) is 0 Å². The maximum absolute atomic E-state index is 11.1. The number of rotatable bonds is 2. The second-order valence-corrected chi connectivity index (χ2v) is 6.75. The van der Waals surface area contributed by atoms with Crippen LogP contribution in [0.15, 0.2) is 18.3 Å². The van der Waals surface area contributed by atoms with Crippen molar-refractivity contribution in [2.75, 3.05) is 31.2 Å². The normalized spacial score (nSPS) is 31.4. The fraction of sp³-hybridized carbons (Fsp3) is 0.688. The van der Waals surface area contributed by atoms with E-state index in [4.69, 9.17) is 16.3 Å². The van der Waals surface area contributed by atoms with Crippen LogP contribution in [0.1, 0.15) is 26.2 Å². The van der Waals surface area contributed by atoms with E-state index in [-0.39, 0.29) is 5.92 Å². The number of hydrogen-bond acceptors (Lipinski definition) is 4. The van der Waals surface area contributed by atoms with Crippen molar-refractivity contribution in [3.05, 3.63) is 23.4 Å². The van der Waals surface area contributed by atoms with E-state index in [2.05, 4.69) is 16.8 Å². The first-order chi connectivity index (χ1) is 10.1. The Bertz CT molecular complexity index is 476. The van der Waals surface area contributed by atoms with E-state index in [0.717, 1.165) is 51.4 Å². The Morgan fingerprint density at radius 1 is 1.38 bits per heavy atom. The van der Waals surface area contributed by atoms with Crippen LogP contribution in [-0.2, 0) is 4.74 Å². The molecule has 3 heterocycles. The van der Waals surface area contributed by atoms with Gasteiger partial charge in [0, 0.05) is 38.4 Å². The summed E-state index contributed by atoms with van der Waals surface area (Å²) in [6, 6.07) is 3.82. The predicted octanol–water partition coefficient (Wildman–Crippen LogP) is 2.74. The van der Waals surface area contributed by atoms with Gasteiger partial charge in [-0.3, -0.25) is 0 Å². The van der Waals surface area contributed by atoms with Gasteiger partial charge in [0.1, 0.15) is 5.82 Å². The van der Waals surface area contributed by atoms with E-state index in [1.165, 1.54) is 0 Å². The fourth-order valence-electron chi connectivity index (χ4n) is 3.71. The molecule has 0 radical (unpaired) electrons. The third-order valence-corrected chi connectivity index (χ3v) is 5.32. The zero-order valence-corrected chi connectivity index (χ0v) is 13.2. The van der Waals surface area contributed by atoms with Crippen molar-refractivity contribution in [1.29, 1.82) is 0 Å². The first-order valence-corrected chi connectivity index (χ1v) is 8.14. The Balaban J connectivity index is 1.69. The number of halogens is 1. The summed E-state index contributed by atoms with van der Waals surface area (Å²) in [6.45, 7) is 5.39. The molecule has 1 aromatic heterocycles. The lowest BCUT2D eigenvalue weighted by Crippen LogP contribution is -2.56. The summed E-state index contributed by atoms with van der Waals surface area (Å²) in [5.74, 6) is 1.54. The Hall–Kier alpha value is -0.840. The van der Waals surface area contributed by atoms with Gasteiger partial charge < -0.3 is 14.7 Å². The van der Waals surface area contributed by atoms with E-state index < -0.39 is 5.60 Å². The zero-order chi connectivity index (χ0) is 14.9. The van der Waals surface area contributed by atoms with Crippen LogP contribution in [0.2, 0.25) is 5.02 Å². The summed E-state index contributed by atoms with van der Waals surface area (Å²) in [5, 5.41) is 11.8. The van der Waals surface area contributed by atoms with E-state index in [0.29, 0.717) is 10.9 Å². The molecule has 2 unspecified atom stereocenters. The Morgan fingerprint density at radius 2 is 2.14 bits per heavy atom. The molecule has 116 valence electrons. The molecule has 1 N–H and O–H groups in total. The Kier molecular flexibility index (Phi) is 4.38. The number of hydrogen-bond donors (Lipinski definition) is 1. The highest BCUT2D eigenvalue weighted by molar-refractivity contribution is 6.30. The second kappa shape index (κ2) is 6.11. The van der Waals surface area contributed by atoms with Gasteiger partial charge in [0.2, 0.25) is 0 Å². The summed E-state index contributed by atoms with van der Waals surface area (Å²) in [4.78, 5) is 6.63. The average molecular weight is 311 g/mol. The van der Waals surface area contributed by atoms with Gasteiger partial charge in [-0.15, -0.1) is 0 Å². The average Bonchev–Trinajstić information content (AvgIpc) is 2.52. The number of pyridine rings is 1. The number of anilines is 1. The Labute approximate surface area is 131 Å². The third kappa shape index (κ3) is 3.03. The van der Waals surface area contributed by atoms with E-state index in [1.54, 1.807) is 6.20 Å². The van der Waals surface area contributed by atoms with Crippen LogP contribution in [0, 0.1) is 11.8 Å². The van der Waals surface area contributed by atoms with Crippen molar-refractivity contribution in [3.63, 3.8) is 0 Å². The first-order valence-electron chi connectivity index (χ1n) is 7.76. The first kappa shape index (κ1) is 15.1. The molecule has 2 aliphatic rings. The van der Waals surface area contributed by atoms with Gasteiger partial charge in [-0.2, -0.15) is 0 Å². The molecule has 1 aromatic rings. The molecule has 0 bridgehead atoms. The molecule has 2 saturated heterocycles. The molecule has 2 fully saturated rings. The summed E-state index contributed by atoms with van der Waals surface area (Å²) >= 11 is 5.89. The monoisotopic (exact) mass is 310 g/mol. The summed E-state index contributed by atoms with van der Waals surface area (Å²) < 4.78 is 5.43. The number of nitrogens with zero attached hydrogens (tertiary/aromatic N) is 2. The van der Waals surface area contributed by atoms with E-state index in [9.17, 15) is 5.11 Å². The summed E-state index contributed by atoms with van der Waals surface area (Å²) in [5.41, 5.74) is -0.563. The lowest BCUT2D eigenvalue weighted by Gasteiger charge is -2.48. The van der Waals surface area contributed by atoms with Gasteiger partial charge in [0.25, 0.3) is 0 Å². The van der Waals surface area contributed by atoms with Gasteiger partial charge in [0.05, 0.1) is 10.6 Å². The maximum atomic E-state index is 11.1. The highest BCUT2D eigenvalue weighted by atomic mass is 35.5. The Morgan fingerprint density at radius 3 is 2.76 bits per heavy atom. The number of piperidine rings is 1. The molecule has 2 aliphatic heterocycles. The van der Waals surface area contributed by atoms with Crippen molar-refractivity contribution in [2.24, 2.45) is 11.8 Å². The highest BCUT2D eigenvalue weighted by Crippen LogP contribution is 2.40. The van der Waals surface area contributed by atoms with Crippen LogP contribution in [0.4, 0.5) is 5.82 Å². The quantitative estimate of drug-likeness (QED) is 0.912. The van der Waals surface area contributed by atoms with Crippen LogP contribution < -0.4 is 4.90 Å². The summed E-state index contributed by atoms with van der Waals surface area (Å²) in [7, 11) is 0. The highest BCUT2D eigenvalue weighted by Gasteiger charge is 2.45. The van der Waals surface area contributed by atoms with Crippen LogP contribution in [0.5, 0.6) is 0 Å². The molecule has 0 aromatic carbocycles. The van der Waals surface area contributed by atoms with Crippen LogP contribution >= 0.6 is 11.6 Å². The molecule has 0 saturated carbocycles. The molecular weight excluding hydrogens is 288 g/mol. The minimum Gasteiger partial charge on any atom is -0.389 e. The molecule has 21 heavy (non-hydrogen) atoms. The lowest BCUT2D eigenvalue weighted by atomic mass is 9.70. The number of ether oxygens (including phenoxy) is 1. The van der Waals surface area contributed by atoms with Crippen LogP contribution in [0.25, 0.3) is 0 Å². The minimum atomic E-state index is -0.563.